The second-order valence-electron chi connectivity index (χ2n) is 16.7. The molecule has 5 aromatic rings. The van der Waals surface area contributed by atoms with E-state index < -0.39 is 0 Å². The molecule has 0 N–H and O–H groups in total. The summed E-state index contributed by atoms with van der Waals surface area (Å²) < 4.78 is 6.38. The largest absolute Gasteiger partial charge is 0.466 e. The van der Waals surface area contributed by atoms with Crippen LogP contribution in [0.1, 0.15) is 129 Å². The summed E-state index contributed by atoms with van der Waals surface area (Å²) in [6, 6.07) is 27.9. The molecule has 2 saturated carbocycles. The number of hydrogen-bond acceptors (Lipinski definition) is 3. The summed E-state index contributed by atoms with van der Waals surface area (Å²) >= 11 is 0. The molecule has 0 bridgehead atoms. The summed E-state index contributed by atoms with van der Waals surface area (Å²) in [6.07, 6.45) is 13.4. The van der Waals surface area contributed by atoms with Crippen LogP contribution in [0.4, 0.5) is 0 Å². The molecule has 8 rings (SSSR count). The predicted octanol–water partition coefficient (Wildman–Crippen LogP) is 13.1. The van der Waals surface area contributed by atoms with E-state index in [0.29, 0.717) is 18.0 Å². The third-order valence-electron chi connectivity index (χ3n) is 11.2. The van der Waals surface area contributed by atoms with Crippen molar-refractivity contribution in [2.24, 2.45) is 10.9 Å². The molecule has 3 aliphatic carbocycles. The average Bonchev–Trinajstić information content (AvgIpc) is 3.61. The van der Waals surface area contributed by atoms with Gasteiger partial charge in [0.15, 0.2) is 0 Å². The standard InChI is InChI=1S/C30H26NO.C16H29N2.Ir/c1-29(2,3)22-17-24(31-23-15-8-6-11-18(22)23)19-13-10-14-21-26(19)30(4,5)27-20-12-7-9-16-25(20)32-28(21)27;1-13(2)16(17-14-9-5-3-6-10-14)18-15-11-7-4-8-12-15;/h6-12,14-17H,1-5H3;13-15H,3-12H2,1-2H3;/q2*-1;. The van der Waals surface area contributed by atoms with Gasteiger partial charge in [-0.15, -0.1) is 29.3 Å². The van der Waals surface area contributed by atoms with Gasteiger partial charge in [-0.3, -0.25) is 4.98 Å². The van der Waals surface area contributed by atoms with Crippen molar-refractivity contribution in [2.45, 2.75) is 136 Å². The molecule has 2 aromatic heterocycles. The summed E-state index contributed by atoms with van der Waals surface area (Å²) in [5, 5.41) is 7.39. The Morgan fingerprint density at radius 1 is 0.863 bits per heavy atom. The first-order valence-electron chi connectivity index (χ1n) is 19.3. The zero-order chi connectivity index (χ0) is 35.0. The maximum absolute atomic E-state index is 6.38. The zero-order valence-electron chi connectivity index (χ0n) is 31.7. The molecule has 4 nitrogen and oxygen atoms in total. The Balaban J connectivity index is 0.000000202. The van der Waals surface area contributed by atoms with Crippen molar-refractivity contribution in [3.8, 4) is 22.6 Å². The number of furan rings is 1. The van der Waals surface area contributed by atoms with Gasteiger partial charge in [-0.25, -0.2) is 0 Å². The summed E-state index contributed by atoms with van der Waals surface area (Å²) in [7, 11) is 0. The van der Waals surface area contributed by atoms with Crippen LogP contribution in [-0.2, 0) is 30.9 Å². The molecule has 2 heterocycles. The number of amidine groups is 1. The Hall–Kier alpha value is -3.27. The quantitative estimate of drug-likeness (QED) is 0.103. The van der Waals surface area contributed by atoms with E-state index in [1.807, 2.05) is 12.1 Å². The van der Waals surface area contributed by atoms with Crippen molar-refractivity contribution in [1.82, 2.24) is 4.98 Å². The van der Waals surface area contributed by atoms with Crippen LogP contribution in [0.2, 0.25) is 0 Å². The predicted molar refractivity (Wildman–Crippen MR) is 211 cm³/mol. The third-order valence-corrected chi connectivity index (χ3v) is 11.2. The van der Waals surface area contributed by atoms with Gasteiger partial charge >= 0.3 is 0 Å². The number of para-hydroxylation sites is 2. The summed E-state index contributed by atoms with van der Waals surface area (Å²) in [6.45, 7) is 15.9. The third kappa shape index (κ3) is 7.63. The van der Waals surface area contributed by atoms with Gasteiger partial charge in [-0.2, -0.15) is 0 Å². The molecule has 2 fully saturated rings. The Bertz CT molecular complexity index is 2000. The first-order chi connectivity index (χ1) is 24.0. The van der Waals surface area contributed by atoms with Crippen molar-refractivity contribution < 1.29 is 24.5 Å². The molecule has 271 valence electrons. The molecule has 0 unspecified atom stereocenters. The van der Waals surface area contributed by atoms with Crippen molar-refractivity contribution in [3.05, 3.63) is 94.8 Å². The van der Waals surface area contributed by atoms with E-state index in [1.165, 1.54) is 91.7 Å². The summed E-state index contributed by atoms with van der Waals surface area (Å²) in [5.74, 6) is 2.64. The van der Waals surface area contributed by atoms with Crippen LogP contribution < -0.4 is 0 Å². The van der Waals surface area contributed by atoms with Gasteiger partial charge < -0.3 is 14.7 Å². The van der Waals surface area contributed by atoms with Crippen LogP contribution in [0, 0.1) is 12.0 Å². The molecule has 0 aliphatic heterocycles. The van der Waals surface area contributed by atoms with Gasteiger partial charge in [-0.05, 0) is 52.2 Å². The van der Waals surface area contributed by atoms with E-state index in [0.717, 1.165) is 39.5 Å². The minimum absolute atomic E-state index is 0. The SMILES string of the molecule is CC(C)(C)c1cc(-c2[c-]ccc3c2C(C)(C)c2c-3oc3ccccc23)nc2ccccc12.CC(C)C(=NC1CCCCC1)[N-]C1CCCCC1.[Ir]. The van der Waals surface area contributed by atoms with Crippen LogP contribution in [-0.4, -0.2) is 22.9 Å². The summed E-state index contributed by atoms with van der Waals surface area (Å²) in [4.78, 5) is 10.1. The zero-order valence-corrected chi connectivity index (χ0v) is 34.1. The normalized spacial score (nSPS) is 17.8. The number of nitrogens with zero attached hydrogens (tertiary/aromatic N) is 3. The van der Waals surface area contributed by atoms with Crippen LogP contribution in [0.5, 0.6) is 0 Å². The molecule has 0 atom stereocenters. The Morgan fingerprint density at radius 2 is 1.51 bits per heavy atom. The number of aromatic nitrogens is 1. The Morgan fingerprint density at radius 3 is 2.20 bits per heavy atom. The van der Waals surface area contributed by atoms with Gasteiger partial charge in [0.1, 0.15) is 11.3 Å². The number of rotatable bonds is 4. The number of benzene rings is 3. The van der Waals surface area contributed by atoms with Gasteiger partial charge in [0.25, 0.3) is 0 Å². The molecule has 3 aromatic carbocycles. The molecular formula is C46H55IrN3O-2. The summed E-state index contributed by atoms with van der Waals surface area (Å²) in [5.41, 5.74) is 8.80. The van der Waals surface area contributed by atoms with Crippen LogP contribution in [0.3, 0.4) is 0 Å². The maximum atomic E-state index is 6.38. The van der Waals surface area contributed by atoms with E-state index in [9.17, 15) is 0 Å². The number of fused-ring (bicyclic) bond motifs is 6. The van der Waals surface area contributed by atoms with Gasteiger partial charge in [0, 0.05) is 36.4 Å². The molecule has 1 radical (unpaired) electrons. The molecule has 3 aliphatic rings. The Labute approximate surface area is 319 Å². The smallest absolute Gasteiger partial charge is 0.135 e. The average molecular weight is 858 g/mol. The van der Waals surface area contributed by atoms with Crippen molar-refractivity contribution in [3.63, 3.8) is 0 Å². The van der Waals surface area contributed by atoms with Crippen LogP contribution in [0.25, 0.3) is 49.8 Å². The topological polar surface area (TPSA) is 52.5 Å². The van der Waals surface area contributed by atoms with Gasteiger partial charge in [0.2, 0.25) is 0 Å². The minimum Gasteiger partial charge on any atom is -0.466 e. The fraction of sp³-hybridized carbons (Fsp3) is 0.478. The second kappa shape index (κ2) is 15.4. The Kier molecular flexibility index (Phi) is 11.3. The number of pyridine rings is 1. The first kappa shape index (κ1) is 37.5. The monoisotopic (exact) mass is 858 g/mol. The molecule has 0 spiro atoms. The molecule has 0 saturated heterocycles. The van der Waals surface area contributed by atoms with E-state index in [4.69, 9.17) is 19.7 Å². The van der Waals surface area contributed by atoms with Crippen molar-refractivity contribution in [2.75, 3.05) is 0 Å². The number of aliphatic imine (C=N–C) groups is 1. The van der Waals surface area contributed by atoms with E-state index in [1.54, 1.807) is 0 Å². The van der Waals surface area contributed by atoms with Crippen molar-refractivity contribution in [1.29, 1.82) is 0 Å². The van der Waals surface area contributed by atoms with Crippen molar-refractivity contribution >= 4 is 27.7 Å². The molecule has 51 heavy (non-hydrogen) atoms. The van der Waals surface area contributed by atoms with Crippen LogP contribution >= 0.6 is 0 Å². The van der Waals surface area contributed by atoms with E-state index in [2.05, 4.69) is 109 Å². The van der Waals surface area contributed by atoms with Gasteiger partial charge in [0.05, 0.1) is 5.52 Å². The second-order valence-corrected chi connectivity index (χ2v) is 16.7. The first-order valence-corrected chi connectivity index (χ1v) is 19.3. The fourth-order valence-corrected chi connectivity index (χ4v) is 8.57. The minimum atomic E-state index is -0.209. The van der Waals surface area contributed by atoms with E-state index >= 15 is 0 Å². The molecule has 5 heteroatoms. The van der Waals surface area contributed by atoms with E-state index in [-0.39, 0.29) is 30.9 Å². The maximum Gasteiger partial charge on any atom is 0.135 e. The number of hydrogen-bond donors (Lipinski definition) is 0. The van der Waals surface area contributed by atoms with Gasteiger partial charge in [-0.1, -0.05) is 167 Å². The fourth-order valence-electron chi connectivity index (χ4n) is 8.57. The van der Waals surface area contributed by atoms with Crippen LogP contribution in [0.15, 0.2) is 76.1 Å². The molecule has 0 amide bonds. The molecular weight excluding hydrogens is 803 g/mol.